The maximum absolute atomic E-state index is 14.3. The van der Waals surface area contributed by atoms with Gasteiger partial charge < -0.3 is 4.90 Å². The summed E-state index contributed by atoms with van der Waals surface area (Å²) >= 11 is 1.19. The summed E-state index contributed by atoms with van der Waals surface area (Å²) < 4.78 is 42.6. The smallest absolute Gasteiger partial charge is 0.346 e. The number of halogens is 3. The molecule has 0 fully saturated rings. The number of hydrogen-bond acceptors (Lipinski definition) is 5. The van der Waals surface area contributed by atoms with Crippen LogP contribution in [-0.4, -0.2) is 23.2 Å². The number of likely N-dealkylation sites (N-methyl/N-ethyl adjacent to an activating group) is 1. The number of alkyl halides is 3. The zero-order valence-corrected chi connectivity index (χ0v) is 23.5. The number of para-hydroxylation sites is 2. The molecular weight excluding hydrogens is 549 g/mol. The Balaban J connectivity index is 1.64. The van der Waals surface area contributed by atoms with Gasteiger partial charge >= 0.3 is 6.18 Å². The largest absolute Gasteiger partial charge is 0.416 e. The van der Waals surface area contributed by atoms with E-state index in [9.17, 15) is 22.8 Å². The molecule has 0 spiro atoms. The number of fused-ring (bicyclic) bond motifs is 1. The second-order valence-electron chi connectivity index (χ2n) is 10.5. The summed E-state index contributed by atoms with van der Waals surface area (Å²) in [4.78, 5) is 30.1. The number of aromatic nitrogens is 1. The van der Waals surface area contributed by atoms with Crippen LogP contribution in [0.15, 0.2) is 88.8 Å². The van der Waals surface area contributed by atoms with Gasteiger partial charge in [-0.2, -0.15) is 23.3 Å². The monoisotopic (exact) mass is 574 g/mol. The lowest BCUT2D eigenvalue weighted by Crippen LogP contribution is -2.37. The van der Waals surface area contributed by atoms with Crippen molar-refractivity contribution in [2.24, 2.45) is 5.10 Å². The minimum atomic E-state index is -4.57. The Labute approximate surface area is 237 Å². The maximum Gasteiger partial charge on any atom is 0.416 e. The summed E-state index contributed by atoms with van der Waals surface area (Å²) in [7, 11) is 1.92. The van der Waals surface area contributed by atoms with E-state index >= 15 is 0 Å². The average molecular weight is 575 g/mol. The van der Waals surface area contributed by atoms with Gasteiger partial charge in [0.1, 0.15) is 9.20 Å². The van der Waals surface area contributed by atoms with E-state index in [1.165, 1.54) is 28.0 Å². The van der Waals surface area contributed by atoms with Crippen LogP contribution in [0.3, 0.4) is 0 Å². The van der Waals surface area contributed by atoms with E-state index < -0.39 is 23.1 Å². The molecule has 2 aliphatic rings. The highest BCUT2D eigenvalue weighted by Crippen LogP contribution is 2.47. The van der Waals surface area contributed by atoms with Gasteiger partial charge in [0, 0.05) is 18.2 Å². The number of benzene rings is 3. The van der Waals surface area contributed by atoms with Gasteiger partial charge in [-0.05, 0) is 48.9 Å². The standard InChI is InChI=1S/C31H25F3N4O2S/c1-18-24(27(39)38(35-18)21-14-10-11-19(17-21)31(32,33)34)29-37(20-12-6-5-7-13-20)28(40)25(41-29)26-30(2,3)22-15-8-9-16-23(22)36(26)4/h5-17H,1-4H3/b26-25+,29-24+. The molecule has 1 aromatic heterocycles. The SMILES string of the molecule is CC1=NN(c2cccc(C(F)(F)F)c2)C(=O)/C1=c1/s/c(=C2/N(C)c3ccccc3C2(C)C)c(=O)n1-c1ccccc1. The molecule has 3 aromatic carbocycles. The molecule has 0 aliphatic carbocycles. The summed E-state index contributed by atoms with van der Waals surface area (Å²) in [6, 6.07) is 21.4. The second kappa shape index (κ2) is 9.31. The van der Waals surface area contributed by atoms with E-state index in [2.05, 4.69) is 18.9 Å². The van der Waals surface area contributed by atoms with Crippen LogP contribution in [0.25, 0.3) is 17.0 Å². The fourth-order valence-corrected chi connectivity index (χ4v) is 7.12. The predicted molar refractivity (Wildman–Crippen MR) is 156 cm³/mol. The summed E-state index contributed by atoms with van der Waals surface area (Å²) in [5.41, 5.74) is 2.23. The molecule has 2 aliphatic heterocycles. The van der Waals surface area contributed by atoms with E-state index in [4.69, 9.17) is 0 Å². The molecule has 0 saturated heterocycles. The highest BCUT2D eigenvalue weighted by molar-refractivity contribution is 7.08. The summed E-state index contributed by atoms with van der Waals surface area (Å²) in [5, 5.41) is 5.30. The number of amides is 1. The lowest BCUT2D eigenvalue weighted by atomic mass is 9.84. The molecule has 0 N–H and O–H groups in total. The van der Waals surface area contributed by atoms with E-state index in [1.54, 1.807) is 31.2 Å². The van der Waals surface area contributed by atoms with Crippen molar-refractivity contribution < 1.29 is 18.0 Å². The van der Waals surface area contributed by atoms with Crippen molar-refractivity contribution in [2.45, 2.75) is 32.4 Å². The quantitative estimate of drug-likeness (QED) is 0.338. The topological polar surface area (TPSA) is 57.9 Å². The Bertz CT molecular complexity index is 1940. The van der Waals surface area contributed by atoms with Gasteiger partial charge in [0.15, 0.2) is 0 Å². The molecule has 3 heterocycles. The van der Waals surface area contributed by atoms with Crippen molar-refractivity contribution >= 4 is 45.6 Å². The molecule has 0 radical (unpaired) electrons. The van der Waals surface area contributed by atoms with Gasteiger partial charge in [-0.3, -0.25) is 14.2 Å². The van der Waals surface area contributed by atoms with Crippen LogP contribution < -0.4 is 24.7 Å². The Hall–Kier alpha value is -4.44. The van der Waals surface area contributed by atoms with E-state index in [1.807, 2.05) is 42.3 Å². The Kier molecular flexibility index (Phi) is 6.07. The maximum atomic E-state index is 14.3. The third-order valence-corrected chi connectivity index (χ3v) is 8.70. The minimum absolute atomic E-state index is 0.00829. The van der Waals surface area contributed by atoms with Gasteiger partial charge in [0.25, 0.3) is 11.5 Å². The zero-order valence-electron chi connectivity index (χ0n) is 22.7. The molecule has 10 heteroatoms. The third-order valence-electron chi connectivity index (χ3n) is 7.54. The zero-order chi connectivity index (χ0) is 29.3. The second-order valence-corrected chi connectivity index (χ2v) is 11.5. The molecule has 0 atom stereocenters. The minimum Gasteiger partial charge on any atom is -0.346 e. The van der Waals surface area contributed by atoms with Crippen LogP contribution in [0.5, 0.6) is 0 Å². The first-order chi connectivity index (χ1) is 19.4. The van der Waals surface area contributed by atoms with Crippen molar-refractivity contribution in [1.29, 1.82) is 0 Å². The van der Waals surface area contributed by atoms with Gasteiger partial charge in [-0.15, -0.1) is 11.3 Å². The molecule has 6 nitrogen and oxygen atoms in total. The van der Waals surface area contributed by atoms with Crippen molar-refractivity contribution in [2.75, 3.05) is 17.0 Å². The van der Waals surface area contributed by atoms with Crippen LogP contribution in [0.4, 0.5) is 24.5 Å². The molecule has 1 amide bonds. The van der Waals surface area contributed by atoms with Crippen molar-refractivity contribution in [3.05, 3.63) is 110 Å². The number of rotatable bonds is 2. The van der Waals surface area contributed by atoms with Crippen LogP contribution in [-0.2, 0) is 16.4 Å². The van der Waals surface area contributed by atoms with Crippen LogP contribution in [0.1, 0.15) is 31.9 Å². The van der Waals surface area contributed by atoms with E-state index in [0.717, 1.165) is 34.1 Å². The first-order valence-corrected chi connectivity index (χ1v) is 13.7. The van der Waals surface area contributed by atoms with Crippen LogP contribution in [0, 0.1) is 0 Å². The third kappa shape index (κ3) is 4.12. The van der Waals surface area contributed by atoms with Crippen LogP contribution >= 0.6 is 11.3 Å². The highest BCUT2D eigenvalue weighted by Gasteiger charge is 2.40. The predicted octanol–water partition coefficient (Wildman–Crippen LogP) is 5.03. The van der Waals surface area contributed by atoms with Gasteiger partial charge in [-0.25, -0.2) is 0 Å². The fraction of sp³-hybridized carbons (Fsp3) is 0.194. The molecular formula is C31H25F3N4O2S. The van der Waals surface area contributed by atoms with E-state index in [0.29, 0.717) is 20.6 Å². The van der Waals surface area contributed by atoms with Crippen molar-refractivity contribution in [1.82, 2.24) is 4.57 Å². The number of carbonyl (C=O) groups is 1. The van der Waals surface area contributed by atoms with Gasteiger partial charge in [-0.1, -0.05) is 56.3 Å². The highest BCUT2D eigenvalue weighted by atomic mass is 32.1. The van der Waals surface area contributed by atoms with Crippen molar-refractivity contribution in [3.8, 4) is 5.69 Å². The number of nitrogens with zero attached hydrogens (tertiary/aromatic N) is 4. The summed E-state index contributed by atoms with van der Waals surface area (Å²) in [6.45, 7) is 5.74. The van der Waals surface area contributed by atoms with Gasteiger partial charge in [0.2, 0.25) is 0 Å². The number of carbonyl (C=O) groups excluding carboxylic acids is 1. The Morgan fingerprint density at radius 1 is 0.878 bits per heavy atom. The molecule has 6 rings (SSSR count). The lowest BCUT2D eigenvalue weighted by molar-refractivity contribution is -0.137. The number of anilines is 2. The normalized spacial score (nSPS) is 19.1. The number of hydrogen-bond donors (Lipinski definition) is 0. The van der Waals surface area contributed by atoms with Gasteiger partial charge in [0.05, 0.1) is 33.9 Å². The molecule has 0 bridgehead atoms. The fourth-order valence-electron chi connectivity index (χ4n) is 5.64. The summed E-state index contributed by atoms with van der Waals surface area (Å²) in [6.07, 6.45) is -4.57. The Morgan fingerprint density at radius 3 is 2.22 bits per heavy atom. The Morgan fingerprint density at radius 2 is 1.54 bits per heavy atom. The first-order valence-electron chi connectivity index (χ1n) is 12.9. The molecule has 208 valence electrons. The summed E-state index contributed by atoms with van der Waals surface area (Å²) in [5.74, 6) is -0.605. The average Bonchev–Trinajstić information content (AvgIpc) is 3.49. The van der Waals surface area contributed by atoms with E-state index in [-0.39, 0.29) is 16.8 Å². The number of thiazole rings is 1. The molecule has 4 aromatic rings. The lowest BCUT2D eigenvalue weighted by Gasteiger charge is -2.23. The number of hydrazone groups is 1. The first kappa shape index (κ1) is 26.8. The molecule has 0 saturated carbocycles. The molecule has 0 unspecified atom stereocenters. The molecule has 41 heavy (non-hydrogen) atoms. The van der Waals surface area contributed by atoms with Crippen LogP contribution in [0.2, 0.25) is 0 Å². The van der Waals surface area contributed by atoms with Crippen molar-refractivity contribution in [3.63, 3.8) is 0 Å².